The maximum Gasteiger partial charge on any atom is 0.0850 e. The average Bonchev–Trinajstić information content (AvgIpc) is 2.93. The van der Waals surface area contributed by atoms with Crippen LogP contribution in [0.25, 0.3) is 0 Å². The summed E-state index contributed by atoms with van der Waals surface area (Å²) in [7, 11) is 0. The monoisotopic (exact) mass is 321 g/mol. The van der Waals surface area contributed by atoms with Gasteiger partial charge in [0.25, 0.3) is 0 Å². The Balaban J connectivity index is 2.42. The second-order valence-electron chi connectivity index (χ2n) is 10.4. The van der Waals surface area contributed by atoms with Crippen LogP contribution in [0, 0.1) is 28.1 Å². The van der Waals surface area contributed by atoms with Gasteiger partial charge in [0.05, 0.1) is 24.1 Å². The molecule has 0 aliphatic carbocycles. The van der Waals surface area contributed by atoms with E-state index in [2.05, 4.69) is 77.7 Å². The molecule has 0 spiro atoms. The topological polar surface area (TPSA) is 50.8 Å². The van der Waals surface area contributed by atoms with Gasteiger partial charge in [-0.3, -0.25) is 0 Å². The first-order chi connectivity index (χ1) is 10.3. The minimum absolute atomic E-state index is 0.125. The lowest BCUT2D eigenvalue weighted by atomic mass is 9.59. The fraction of sp³-hybridized carbons (Fsp3) is 0.895. The zero-order valence-electron chi connectivity index (χ0n) is 16.4. The predicted octanol–water partition coefficient (Wildman–Crippen LogP) is 4.49. The number of hydrogen-bond acceptors (Lipinski definition) is 3. The summed E-state index contributed by atoms with van der Waals surface area (Å²) in [6.45, 7) is 21.0. The van der Waals surface area contributed by atoms with Crippen molar-refractivity contribution in [1.29, 1.82) is 0 Å². The minimum atomic E-state index is 0.125. The molecule has 0 saturated carbocycles. The van der Waals surface area contributed by atoms with Crippen molar-refractivity contribution in [3.05, 3.63) is 11.9 Å². The third-order valence-electron chi connectivity index (χ3n) is 5.16. The van der Waals surface area contributed by atoms with E-state index in [1.165, 1.54) is 0 Å². The van der Waals surface area contributed by atoms with Gasteiger partial charge in [0.2, 0.25) is 0 Å². The highest BCUT2D eigenvalue weighted by atomic mass is 16.5. The summed E-state index contributed by atoms with van der Waals surface area (Å²) in [5.41, 5.74) is 1.51. The van der Waals surface area contributed by atoms with Crippen LogP contribution in [0.1, 0.15) is 68.0 Å². The maximum atomic E-state index is 6.70. The molecule has 1 aromatic heterocycles. The van der Waals surface area contributed by atoms with Gasteiger partial charge in [0.1, 0.15) is 0 Å². The number of rotatable bonds is 2. The molecule has 1 saturated heterocycles. The molecular weight excluding hydrogens is 286 g/mol. The van der Waals surface area contributed by atoms with Crippen molar-refractivity contribution in [3.8, 4) is 0 Å². The van der Waals surface area contributed by atoms with E-state index in [0.29, 0.717) is 11.8 Å². The van der Waals surface area contributed by atoms with Gasteiger partial charge in [-0.1, -0.05) is 62.3 Å². The highest BCUT2D eigenvalue weighted by Gasteiger charge is 2.56. The lowest BCUT2D eigenvalue weighted by Crippen LogP contribution is -2.44. The number of nitrogens with one attached hydrogen (secondary N) is 1. The van der Waals surface area contributed by atoms with Gasteiger partial charge in [-0.25, -0.2) is 0 Å². The lowest BCUT2D eigenvalue weighted by Gasteiger charge is -2.44. The van der Waals surface area contributed by atoms with Crippen molar-refractivity contribution >= 4 is 0 Å². The van der Waals surface area contributed by atoms with Crippen LogP contribution in [-0.4, -0.2) is 27.6 Å². The number of H-pyrrole nitrogens is 1. The lowest BCUT2D eigenvalue weighted by molar-refractivity contribution is -0.0459. The number of ether oxygens (including phenoxy) is 1. The average molecular weight is 322 g/mol. The van der Waals surface area contributed by atoms with Gasteiger partial charge in [0.15, 0.2) is 0 Å². The Kier molecular flexibility index (Phi) is 4.71. The SMILES string of the molecule is CC(C)(C)C1[C@@H](Cc2cn[nH]n2)O[C@@H](C(C)(C)C)[C@H]1C(C)(C)C. The van der Waals surface area contributed by atoms with Crippen molar-refractivity contribution in [1.82, 2.24) is 15.4 Å². The normalized spacial score (nSPS) is 30.0. The molecule has 1 unspecified atom stereocenters. The second kappa shape index (κ2) is 5.87. The van der Waals surface area contributed by atoms with Gasteiger partial charge >= 0.3 is 0 Å². The largest absolute Gasteiger partial charge is 0.373 e. The molecule has 0 bridgehead atoms. The van der Waals surface area contributed by atoms with Gasteiger partial charge in [-0.05, 0) is 28.1 Å². The maximum absolute atomic E-state index is 6.70. The van der Waals surface area contributed by atoms with Crippen LogP contribution in [0.5, 0.6) is 0 Å². The summed E-state index contributed by atoms with van der Waals surface area (Å²) in [5, 5.41) is 10.9. The summed E-state index contributed by atoms with van der Waals surface area (Å²) in [6, 6.07) is 0. The zero-order chi connectivity index (χ0) is 17.6. The van der Waals surface area contributed by atoms with Crippen LogP contribution in [-0.2, 0) is 11.2 Å². The smallest absolute Gasteiger partial charge is 0.0850 e. The van der Waals surface area contributed by atoms with Crippen LogP contribution < -0.4 is 0 Å². The fourth-order valence-electron chi connectivity index (χ4n) is 4.31. The van der Waals surface area contributed by atoms with Crippen molar-refractivity contribution in [2.45, 2.75) is 80.9 Å². The molecule has 0 amide bonds. The van der Waals surface area contributed by atoms with Crippen LogP contribution >= 0.6 is 0 Å². The van der Waals surface area contributed by atoms with Crippen LogP contribution in [0.4, 0.5) is 0 Å². The van der Waals surface area contributed by atoms with E-state index in [1.807, 2.05) is 6.20 Å². The molecule has 1 aliphatic heterocycles. The third kappa shape index (κ3) is 3.96. The molecule has 132 valence electrons. The molecule has 4 heteroatoms. The fourth-order valence-corrected chi connectivity index (χ4v) is 4.31. The second-order valence-corrected chi connectivity index (χ2v) is 10.4. The van der Waals surface area contributed by atoms with E-state index in [1.54, 1.807) is 0 Å². The van der Waals surface area contributed by atoms with Gasteiger partial charge in [-0.2, -0.15) is 15.4 Å². The Morgan fingerprint density at radius 3 is 1.87 bits per heavy atom. The molecule has 23 heavy (non-hydrogen) atoms. The van der Waals surface area contributed by atoms with Crippen molar-refractivity contribution in [2.75, 3.05) is 0 Å². The van der Waals surface area contributed by atoms with E-state index in [0.717, 1.165) is 12.1 Å². The van der Waals surface area contributed by atoms with Crippen LogP contribution in [0.2, 0.25) is 0 Å². The van der Waals surface area contributed by atoms with Gasteiger partial charge in [0, 0.05) is 6.42 Å². The number of aromatic nitrogens is 3. The standard InChI is InChI=1S/C19H35N3O/c1-17(2,3)14-13(10-12-11-20-22-21-12)23-16(19(7,8)9)15(14)18(4,5)6/h11,13-16H,10H2,1-9H3,(H,20,21,22)/t13-,14?,15+,16-/m1/s1. The summed E-state index contributed by atoms with van der Waals surface area (Å²) >= 11 is 0. The Morgan fingerprint density at radius 2 is 1.48 bits per heavy atom. The Bertz CT molecular complexity index is 502. The van der Waals surface area contributed by atoms with E-state index < -0.39 is 0 Å². The van der Waals surface area contributed by atoms with E-state index in [9.17, 15) is 0 Å². The summed E-state index contributed by atoms with van der Waals surface area (Å²) in [6.07, 6.45) is 3.09. The van der Waals surface area contributed by atoms with Crippen molar-refractivity contribution in [3.63, 3.8) is 0 Å². The molecular formula is C19H35N3O. The Labute approximate surface area is 141 Å². The Hall–Kier alpha value is -0.900. The molecule has 0 aromatic carbocycles. The molecule has 4 atom stereocenters. The minimum Gasteiger partial charge on any atom is -0.373 e. The van der Waals surface area contributed by atoms with E-state index in [4.69, 9.17) is 4.74 Å². The van der Waals surface area contributed by atoms with Gasteiger partial charge in [-0.15, -0.1) is 0 Å². The number of aromatic amines is 1. The predicted molar refractivity (Wildman–Crippen MR) is 94.1 cm³/mol. The quantitative estimate of drug-likeness (QED) is 0.873. The first-order valence-corrected chi connectivity index (χ1v) is 8.82. The molecule has 1 fully saturated rings. The first kappa shape index (κ1) is 18.4. The molecule has 2 rings (SSSR count). The van der Waals surface area contributed by atoms with Crippen LogP contribution in [0.15, 0.2) is 6.20 Å². The molecule has 1 aromatic rings. The van der Waals surface area contributed by atoms with Crippen molar-refractivity contribution in [2.24, 2.45) is 28.1 Å². The van der Waals surface area contributed by atoms with Crippen molar-refractivity contribution < 1.29 is 4.74 Å². The van der Waals surface area contributed by atoms with Gasteiger partial charge < -0.3 is 4.74 Å². The van der Waals surface area contributed by atoms with E-state index >= 15 is 0 Å². The summed E-state index contributed by atoms with van der Waals surface area (Å²) in [5.74, 6) is 1.00. The summed E-state index contributed by atoms with van der Waals surface area (Å²) in [4.78, 5) is 0. The molecule has 1 N–H and O–H groups in total. The third-order valence-corrected chi connectivity index (χ3v) is 5.16. The molecule has 2 heterocycles. The summed E-state index contributed by atoms with van der Waals surface area (Å²) < 4.78 is 6.70. The highest BCUT2D eigenvalue weighted by Crippen LogP contribution is 2.55. The first-order valence-electron chi connectivity index (χ1n) is 8.82. The number of hydrogen-bond donors (Lipinski definition) is 1. The Morgan fingerprint density at radius 1 is 0.913 bits per heavy atom. The highest BCUT2D eigenvalue weighted by molar-refractivity contribution is 5.06. The molecule has 0 radical (unpaired) electrons. The van der Waals surface area contributed by atoms with E-state index in [-0.39, 0.29) is 28.5 Å². The number of nitrogens with zero attached hydrogens (tertiary/aromatic N) is 2. The van der Waals surface area contributed by atoms with Crippen LogP contribution in [0.3, 0.4) is 0 Å². The molecule has 4 nitrogen and oxygen atoms in total. The molecule has 1 aliphatic rings. The zero-order valence-corrected chi connectivity index (χ0v) is 16.4.